The molecule has 2 rings (SSSR count). The summed E-state index contributed by atoms with van der Waals surface area (Å²) in [7, 11) is 1.65. The molecule has 2 heteroatoms. The van der Waals surface area contributed by atoms with E-state index < -0.39 is 0 Å². The molecule has 0 unspecified atom stereocenters. The van der Waals surface area contributed by atoms with Crippen molar-refractivity contribution in [3.63, 3.8) is 0 Å². The van der Waals surface area contributed by atoms with Crippen LogP contribution in [0.5, 0.6) is 5.75 Å². The number of methoxy groups -OCH3 is 1. The van der Waals surface area contributed by atoms with Crippen LogP contribution >= 0.6 is 0 Å². The summed E-state index contributed by atoms with van der Waals surface area (Å²) in [6, 6.07) is 15.8. The van der Waals surface area contributed by atoms with Gasteiger partial charge in [0.15, 0.2) is 0 Å². The Labute approximate surface area is 89.3 Å². The molecule has 2 nitrogen and oxygen atoms in total. The Hall–Kier alpha value is -1.96. The van der Waals surface area contributed by atoms with Gasteiger partial charge < -0.3 is 10.5 Å². The highest BCUT2D eigenvalue weighted by atomic mass is 16.5. The Balaban J connectivity index is 2.53. The predicted octanol–water partition coefficient (Wildman–Crippen LogP) is 2.94. The van der Waals surface area contributed by atoms with Crippen LogP contribution in [-0.2, 0) is 0 Å². The van der Waals surface area contributed by atoms with Crippen molar-refractivity contribution in [3.8, 4) is 16.9 Å². The quantitative estimate of drug-likeness (QED) is 0.755. The average molecular weight is 199 g/mol. The summed E-state index contributed by atoms with van der Waals surface area (Å²) in [5.41, 5.74) is 8.61. The molecule has 0 atom stereocenters. The second kappa shape index (κ2) is 4.05. The molecule has 0 saturated heterocycles. The van der Waals surface area contributed by atoms with Gasteiger partial charge in [0.1, 0.15) is 5.75 Å². The molecule has 2 N–H and O–H groups in total. The van der Waals surface area contributed by atoms with Crippen LogP contribution in [0.4, 0.5) is 5.69 Å². The molecule has 2 aromatic carbocycles. The molecule has 0 bridgehead atoms. The molecular weight excluding hydrogens is 186 g/mol. The van der Waals surface area contributed by atoms with Crippen molar-refractivity contribution in [2.45, 2.75) is 0 Å². The summed E-state index contributed by atoms with van der Waals surface area (Å²) in [6.45, 7) is 0. The molecule has 0 spiro atoms. The smallest absolute Gasteiger partial charge is 0.128 e. The minimum atomic E-state index is 0.714. The molecule has 0 radical (unpaired) electrons. The Kier molecular flexibility index (Phi) is 2.59. The highest BCUT2D eigenvalue weighted by molar-refractivity contribution is 5.72. The van der Waals surface area contributed by atoms with Crippen LogP contribution in [0.2, 0.25) is 0 Å². The van der Waals surface area contributed by atoms with E-state index in [4.69, 9.17) is 10.5 Å². The van der Waals surface area contributed by atoms with Gasteiger partial charge in [0.2, 0.25) is 0 Å². The van der Waals surface area contributed by atoms with E-state index in [0.717, 1.165) is 16.9 Å². The second-order valence-corrected chi connectivity index (χ2v) is 3.33. The van der Waals surface area contributed by atoms with E-state index in [1.54, 1.807) is 7.11 Å². The lowest BCUT2D eigenvalue weighted by Crippen LogP contribution is -1.91. The normalized spacial score (nSPS) is 9.93. The van der Waals surface area contributed by atoms with Crippen LogP contribution in [0.25, 0.3) is 11.1 Å². The van der Waals surface area contributed by atoms with E-state index >= 15 is 0 Å². The first kappa shape index (κ1) is 9.59. The third-order valence-electron chi connectivity index (χ3n) is 2.31. The Morgan fingerprint density at radius 3 is 2.40 bits per heavy atom. The van der Waals surface area contributed by atoms with Crippen LogP contribution in [0.15, 0.2) is 48.5 Å². The third kappa shape index (κ3) is 1.94. The zero-order valence-electron chi connectivity index (χ0n) is 8.60. The zero-order valence-corrected chi connectivity index (χ0v) is 8.60. The SMILES string of the molecule is COc1cc(N)ccc1-c1ccccc1. The summed E-state index contributed by atoms with van der Waals surface area (Å²) < 4.78 is 5.30. The van der Waals surface area contributed by atoms with E-state index in [1.807, 2.05) is 48.5 Å². The van der Waals surface area contributed by atoms with Crippen molar-refractivity contribution in [1.82, 2.24) is 0 Å². The molecule has 0 saturated carbocycles. The topological polar surface area (TPSA) is 35.2 Å². The number of nitrogens with two attached hydrogens (primary N) is 1. The molecule has 0 amide bonds. The fourth-order valence-corrected chi connectivity index (χ4v) is 1.56. The molecule has 76 valence electrons. The van der Waals surface area contributed by atoms with Crippen molar-refractivity contribution in [2.75, 3.05) is 12.8 Å². The number of anilines is 1. The van der Waals surface area contributed by atoms with Crippen LogP contribution in [-0.4, -0.2) is 7.11 Å². The van der Waals surface area contributed by atoms with Crippen LogP contribution in [0, 0.1) is 0 Å². The van der Waals surface area contributed by atoms with Crippen LogP contribution < -0.4 is 10.5 Å². The molecule has 2 aromatic rings. The second-order valence-electron chi connectivity index (χ2n) is 3.33. The van der Waals surface area contributed by atoms with Gasteiger partial charge in [-0.1, -0.05) is 30.3 Å². The first-order chi connectivity index (χ1) is 7.31. The molecule has 15 heavy (non-hydrogen) atoms. The molecule has 0 aliphatic heterocycles. The van der Waals surface area contributed by atoms with Crippen LogP contribution in [0.3, 0.4) is 0 Å². The van der Waals surface area contributed by atoms with Crippen molar-refractivity contribution in [1.29, 1.82) is 0 Å². The first-order valence-corrected chi connectivity index (χ1v) is 4.80. The Morgan fingerprint density at radius 2 is 1.73 bits per heavy atom. The predicted molar refractivity (Wildman–Crippen MR) is 62.8 cm³/mol. The maximum atomic E-state index is 5.70. The van der Waals surface area contributed by atoms with E-state index in [0.29, 0.717) is 5.69 Å². The lowest BCUT2D eigenvalue weighted by atomic mass is 10.0. The number of hydrogen-bond donors (Lipinski definition) is 1. The summed E-state index contributed by atoms with van der Waals surface area (Å²) in [4.78, 5) is 0. The minimum absolute atomic E-state index is 0.714. The van der Waals surface area contributed by atoms with Gasteiger partial charge in [-0.3, -0.25) is 0 Å². The summed E-state index contributed by atoms with van der Waals surface area (Å²) in [5.74, 6) is 0.807. The number of rotatable bonds is 2. The number of benzene rings is 2. The number of nitrogen functional groups attached to an aromatic ring is 1. The summed E-state index contributed by atoms with van der Waals surface area (Å²) in [6.07, 6.45) is 0. The van der Waals surface area contributed by atoms with Crippen molar-refractivity contribution < 1.29 is 4.74 Å². The zero-order chi connectivity index (χ0) is 10.7. The summed E-state index contributed by atoms with van der Waals surface area (Å²) >= 11 is 0. The van der Waals surface area contributed by atoms with E-state index in [-0.39, 0.29) is 0 Å². The molecule has 0 fully saturated rings. The Morgan fingerprint density at radius 1 is 1.00 bits per heavy atom. The largest absolute Gasteiger partial charge is 0.496 e. The number of hydrogen-bond acceptors (Lipinski definition) is 2. The summed E-state index contributed by atoms with van der Waals surface area (Å²) in [5, 5.41) is 0. The third-order valence-corrected chi connectivity index (χ3v) is 2.31. The minimum Gasteiger partial charge on any atom is -0.496 e. The molecule has 0 aliphatic carbocycles. The fourth-order valence-electron chi connectivity index (χ4n) is 1.56. The lowest BCUT2D eigenvalue weighted by molar-refractivity contribution is 0.416. The molecule has 0 aromatic heterocycles. The van der Waals surface area contributed by atoms with Gasteiger partial charge >= 0.3 is 0 Å². The van der Waals surface area contributed by atoms with Gasteiger partial charge in [0.05, 0.1) is 7.11 Å². The monoisotopic (exact) mass is 199 g/mol. The number of ether oxygens (including phenoxy) is 1. The van der Waals surface area contributed by atoms with Crippen molar-refractivity contribution in [2.24, 2.45) is 0 Å². The fraction of sp³-hybridized carbons (Fsp3) is 0.0769. The van der Waals surface area contributed by atoms with Gasteiger partial charge in [-0.15, -0.1) is 0 Å². The first-order valence-electron chi connectivity index (χ1n) is 4.80. The highest BCUT2D eigenvalue weighted by Crippen LogP contribution is 2.31. The van der Waals surface area contributed by atoms with Gasteiger partial charge in [0, 0.05) is 17.3 Å². The van der Waals surface area contributed by atoms with E-state index in [2.05, 4.69) is 0 Å². The molecule has 0 aliphatic rings. The Bertz CT molecular complexity index is 451. The lowest BCUT2D eigenvalue weighted by Gasteiger charge is -2.09. The molecule has 0 heterocycles. The van der Waals surface area contributed by atoms with Crippen molar-refractivity contribution >= 4 is 5.69 Å². The van der Waals surface area contributed by atoms with Gasteiger partial charge in [0.25, 0.3) is 0 Å². The maximum Gasteiger partial charge on any atom is 0.128 e. The van der Waals surface area contributed by atoms with E-state index in [9.17, 15) is 0 Å². The standard InChI is InChI=1S/C13H13NO/c1-15-13-9-11(14)7-8-12(13)10-5-3-2-4-6-10/h2-9H,14H2,1H3. The van der Waals surface area contributed by atoms with Crippen molar-refractivity contribution in [3.05, 3.63) is 48.5 Å². The van der Waals surface area contributed by atoms with Gasteiger partial charge in [-0.05, 0) is 17.7 Å². The van der Waals surface area contributed by atoms with E-state index in [1.165, 1.54) is 0 Å². The van der Waals surface area contributed by atoms with Gasteiger partial charge in [-0.2, -0.15) is 0 Å². The van der Waals surface area contributed by atoms with Crippen LogP contribution in [0.1, 0.15) is 0 Å². The maximum absolute atomic E-state index is 5.70. The molecular formula is C13H13NO. The average Bonchev–Trinajstić information content (AvgIpc) is 2.30. The highest BCUT2D eigenvalue weighted by Gasteiger charge is 2.04. The van der Waals surface area contributed by atoms with Gasteiger partial charge in [-0.25, -0.2) is 0 Å².